The summed E-state index contributed by atoms with van der Waals surface area (Å²) in [5, 5.41) is 8.61. The predicted octanol–water partition coefficient (Wildman–Crippen LogP) is 3.44. The maximum absolute atomic E-state index is 14.1. The summed E-state index contributed by atoms with van der Waals surface area (Å²) in [6.45, 7) is 2.61. The van der Waals surface area contributed by atoms with Crippen LogP contribution in [0.2, 0.25) is 10.0 Å². The molecule has 7 nitrogen and oxygen atoms in total. The van der Waals surface area contributed by atoms with Crippen LogP contribution in [0.5, 0.6) is 0 Å². The fraction of sp³-hybridized carbons (Fsp3) is 0.368. The van der Waals surface area contributed by atoms with Gasteiger partial charge < -0.3 is 10.2 Å². The molecular weight excluding hydrogens is 452 g/mol. The Labute approximate surface area is 185 Å². The Hall–Kier alpha value is -2.23. The van der Waals surface area contributed by atoms with Crippen LogP contribution in [0.3, 0.4) is 0 Å². The van der Waals surface area contributed by atoms with E-state index in [1.807, 2.05) is 4.90 Å². The van der Waals surface area contributed by atoms with Gasteiger partial charge in [0.2, 0.25) is 21.8 Å². The summed E-state index contributed by atoms with van der Waals surface area (Å²) >= 11 is 13.2. The molecule has 1 amide bonds. The number of nitrogens with zero attached hydrogens (tertiary/aromatic N) is 4. The molecule has 1 unspecified atom stereocenters. The highest BCUT2D eigenvalue weighted by Crippen LogP contribution is 2.29. The van der Waals surface area contributed by atoms with E-state index in [4.69, 9.17) is 23.2 Å². The lowest BCUT2D eigenvalue weighted by molar-refractivity contribution is -0.122. The number of hydrogen-bond acceptors (Lipinski definition) is 6. The summed E-state index contributed by atoms with van der Waals surface area (Å²) in [5.74, 6) is -1.05. The average molecular weight is 470 g/mol. The van der Waals surface area contributed by atoms with Crippen molar-refractivity contribution in [2.24, 2.45) is 0 Å². The number of anilines is 1. The fourth-order valence-corrected chi connectivity index (χ4v) is 4.90. The number of amides is 1. The summed E-state index contributed by atoms with van der Waals surface area (Å²) in [4.78, 5) is 31.4. The molecule has 1 N–H and O–H groups in total. The van der Waals surface area contributed by atoms with Crippen LogP contribution >= 0.6 is 34.5 Å². The van der Waals surface area contributed by atoms with Gasteiger partial charge >= 0.3 is 5.56 Å². The first-order valence-corrected chi connectivity index (χ1v) is 11.0. The van der Waals surface area contributed by atoms with Gasteiger partial charge in [0.05, 0.1) is 5.69 Å². The lowest BCUT2D eigenvalue weighted by Crippen LogP contribution is -2.43. The monoisotopic (exact) mass is 469 g/mol. The Morgan fingerprint density at radius 2 is 2.20 bits per heavy atom. The van der Waals surface area contributed by atoms with Crippen LogP contribution in [-0.2, 0) is 17.8 Å². The highest BCUT2D eigenvalue weighted by Gasteiger charge is 2.33. The maximum atomic E-state index is 14.1. The van der Waals surface area contributed by atoms with E-state index in [0.29, 0.717) is 39.5 Å². The van der Waals surface area contributed by atoms with E-state index < -0.39 is 17.4 Å². The quantitative estimate of drug-likeness (QED) is 0.618. The van der Waals surface area contributed by atoms with Crippen molar-refractivity contribution in [3.8, 4) is 0 Å². The van der Waals surface area contributed by atoms with Crippen LogP contribution in [-0.4, -0.2) is 33.1 Å². The van der Waals surface area contributed by atoms with Crippen molar-refractivity contribution in [1.29, 1.82) is 0 Å². The Morgan fingerprint density at radius 1 is 1.40 bits per heavy atom. The van der Waals surface area contributed by atoms with Gasteiger partial charge in [-0.1, -0.05) is 47.5 Å². The van der Waals surface area contributed by atoms with Crippen LogP contribution in [0.15, 0.2) is 23.0 Å². The third-order valence-electron chi connectivity index (χ3n) is 5.02. The van der Waals surface area contributed by atoms with Crippen molar-refractivity contribution in [2.75, 3.05) is 11.4 Å². The first kappa shape index (κ1) is 21.0. The second-order valence-electron chi connectivity index (χ2n) is 6.92. The molecule has 30 heavy (non-hydrogen) atoms. The van der Waals surface area contributed by atoms with Gasteiger partial charge in [0, 0.05) is 23.1 Å². The van der Waals surface area contributed by atoms with Gasteiger partial charge in [0.1, 0.15) is 6.04 Å². The van der Waals surface area contributed by atoms with Crippen LogP contribution in [0, 0.1) is 5.82 Å². The third-order valence-corrected chi connectivity index (χ3v) is 6.55. The van der Waals surface area contributed by atoms with Gasteiger partial charge in [0.25, 0.3) is 0 Å². The molecule has 0 saturated carbocycles. The number of fused-ring (bicyclic) bond motifs is 1. The Bertz CT molecular complexity index is 1180. The zero-order valence-electron chi connectivity index (χ0n) is 16.0. The number of benzene rings is 1. The molecular formula is C19H18Cl2FN5O2S. The molecule has 3 aromatic rings. The first-order valence-electron chi connectivity index (χ1n) is 9.45. The van der Waals surface area contributed by atoms with Crippen molar-refractivity contribution in [1.82, 2.24) is 19.9 Å². The number of hydrogen-bond donors (Lipinski definition) is 1. The maximum Gasteiger partial charge on any atom is 0.311 e. The highest BCUT2D eigenvalue weighted by molar-refractivity contribution is 7.20. The van der Waals surface area contributed by atoms with Crippen LogP contribution in [0.4, 0.5) is 9.52 Å². The second kappa shape index (κ2) is 8.49. The molecule has 0 bridgehead atoms. The second-order valence-corrected chi connectivity index (χ2v) is 8.69. The summed E-state index contributed by atoms with van der Waals surface area (Å²) in [7, 11) is 0. The molecule has 2 aromatic heterocycles. The number of nitrogens with one attached hydrogen (secondary N) is 1. The van der Waals surface area contributed by atoms with Crippen LogP contribution < -0.4 is 15.8 Å². The van der Waals surface area contributed by atoms with Crippen molar-refractivity contribution in [3.63, 3.8) is 0 Å². The van der Waals surface area contributed by atoms with E-state index >= 15 is 0 Å². The van der Waals surface area contributed by atoms with Gasteiger partial charge in [-0.05, 0) is 37.0 Å². The molecule has 0 radical (unpaired) electrons. The van der Waals surface area contributed by atoms with Gasteiger partial charge in [-0.3, -0.25) is 9.59 Å². The summed E-state index contributed by atoms with van der Waals surface area (Å²) in [6, 6.07) is 4.67. The van der Waals surface area contributed by atoms with E-state index in [-0.39, 0.29) is 18.1 Å². The average Bonchev–Trinajstić information content (AvgIpc) is 3.36. The molecule has 1 saturated heterocycles. The summed E-state index contributed by atoms with van der Waals surface area (Å²) in [5.41, 5.74) is 0.0555. The number of halogens is 3. The van der Waals surface area contributed by atoms with Crippen LogP contribution in [0.1, 0.15) is 31.0 Å². The molecule has 1 atom stereocenters. The van der Waals surface area contributed by atoms with Gasteiger partial charge in [0.15, 0.2) is 0 Å². The number of carbonyl (C=O) groups excluding carboxylic acids is 1. The SMILES string of the molecule is CCc1nc2sc(N3CCCC3C(=O)NCc3ccc(Cl)cc3Cl)nn2c(=O)c1F. The van der Waals surface area contributed by atoms with Gasteiger partial charge in [-0.15, -0.1) is 5.10 Å². The molecule has 0 spiro atoms. The normalized spacial score (nSPS) is 16.4. The molecule has 3 heterocycles. The van der Waals surface area contributed by atoms with Crippen molar-refractivity contribution >= 4 is 50.5 Å². The standard InChI is InChI=1S/C19H18Cl2FN5O2S/c1-2-13-15(22)17(29)27-18(24-13)30-19(25-27)26-7-3-4-14(26)16(28)23-9-10-5-6-11(20)8-12(10)21/h5-6,8,14H,2-4,7,9H2,1H3,(H,23,28). The zero-order chi connectivity index (χ0) is 21.4. The van der Waals surface area contributed by atoms with Crippen molar-refractivity contribution < 1.29 is 9.18 Å². The number of rotatable bonds is 5. The van der Waals surface area contributed by atoms with Crippen molar-refractivity contribution in [3.05, 3.63) is 55.7 Å². The smallest absolute Gasteiger partial charge is 0.311 e. The van der Waals surface area contributed by atoms with E-state index in [2.05, 4.69) is 15.4 Å². The molecule has 4 rings (SSSR count). The lowest BCUT2D eigenvalue weighted by Gasteiger charge is -2.22. The van der Waals surface area contributed by atoms with Gasteiger partial charge in [-0.25, -0.2) is 4.98 Å². The van der Waals surface area contributed by atoms with Gasteiger partial charge in [-0.2, -0.15) is 8.91 Å². The predicted molar refractivity (Wildman–Crippen MR) is 115 cm³/mol. The number of carbonyl (C=O) groups is 1. The van der Waals surface area contributed by atoms with Crippen LogP contribution in [0.25, 0.3) is 4.96 Å². The largest absolute Gasteiger partial charge is 0.350 e. The Morgan fingerprint density at radius 3 is 2.93 bits per heavy atom. The van der Waals surface area contributed by atoms with Crippen molar-refractivity contribution in [2.45, 2.75) is 38.8 Å². The lowest BCUT2D eigenvalue weighted by atomic mass is 10.2. The highest BCUT2D eigenvalue weighted by atomic mass is 35.5. The molecule has 1 fully saturated rings. The molecule has 11 heteroatoms. The molecule has 1 aliphatic rings. The number of aryl methyl sites for hydroxylation is 1. The topological polar surface area (TPSA) is 79.6 Å². The minimum absolute atomic E-state index is 0.116. The van der Waals surface area contributed by atoms with E-state index in [1.165, 1.54) is 11.3 Å². The molecule has 1 aromatic carbocycles. The molecule has 0 aliphatic carbocycles. The molecule has 158 valence electrons. The zero-order valence-corrected chi connectivity index (χ0v) is 18.3. The summed E-state index contributed by atoms with van der Waals surface area (Å²) < 4.78 is 15.1. The van der Waals surface area contributed by atoms with E-state index in [9.17, 15) is 14.0 Å². The van der Waals surface area contributed by atoms with E-state index in [0.717, 1.165) is 16.5 Å². The fourth-order valence-electron chi connectivity index (χ4n) is 3.44. The minimum Gasteiger partial charge on any atom is -0.350 e. The minimum atomic E-state index is -0.887. The van der Waals surface area contributed by atoms with E-state index in [1.54, 1.807) is 25.1 Å². The third kappa shape index (κ3) is 3.89. The summed E-state index contributed by atoms with van der Waals surface area (Å²) in [6.07, 6.45) is 1.76. The molecule has 1 aliphatic heterocycles. The Kier molecular flexibility index (Phi) is 5.95. The first-order chi connectivity index (χ1) is 14.4. The Balaban J connectivity index is 1.55. The number of aromatic nitrogens is 3.